The van der Waals surface area contributed by atoms with E-state index in [4.69, 9.17) is 4.42 Å². The van der Waals surface area contributed by atoms with Crippen molar-refractivity contribution in [3.8, 4) is 5.69 Å². The third-order valence-corrected chi connectivity index (χ3v) is 4.29. The van der Waals surface area contributed by atoms with Gasteiger partial charge in [0.15, 0.2) is 5.76 Å². The highest BCUT2D eigenvalue weighted by Gasteiger charge is 2.22. The van der Waals surface area contributed by atoms with Gasteiger partial charge in [-0.25, -0.2) is 4.68 Å². The maximum absolute atomic E-state index is 12.8. The summed E-state index contributed by atoms with van der Waals surface area (Å²) in [6.07, 6.45) is 1.37. The molecule has 8 heteroatoms. The largest absolute Gasteiger partial charge is 0.459 e. The lowest BCUT2D eigenvalue weighted by Gasteiger charge is -2.12. The Morgan fingerprint density at radius 1 is 1.11 bits per heavy atom. The molecule has 3 aromatic rings. The minimum absolute atomic E-state index is 0.108. The minimum atomic E-state index is -0.855. The molecule has 1 atom stereocenters. The Morgan fingerprint density at radius 2 is 1.81 bits per heavy atom. The third kappa shape index (κ3) is 3.55. The lowest BCUT2D eigenvalue weighted by atomic mass is 10.2. The molecule has 0 radical (unpaired) electrons. The molecular weight excluding hydrogens is 348 g/mol. The Morgan fingerprint density at radius 3 is 2.44 bits per heavy atom. The predicted molar refractivity (Wildman–Crippen MR) is 100 cm³/mol. The second-order valence-electron chi connectivity index (χ2n) is 6.10. The Bertz CT molecular complexity index is 1020. The zero-order valence-corrected chi connectivity index (χ0v) is 15.2. The molecule has 0 aliphatic heterocycles. The van der Waals surface area contributed by atoms with Gasteiger partial charge in [-0.05, 0) is 38.1 Å². The Kier molecular flexibility index (Phi) is 4.98. The average Bonchev–Trinajstić information content (AvgIpc) is 3.26. The summed E-state index contributed by atoms with van der Waals surface area (Å²) >= 11 is 0. The molecule has 0 spiro atoms. The number of hydrogen-bond donors (Lipinski definition) is 2. The van der Waals surface area contributed by atoms with Gasteiger partial charge in [-0.3, -0.25) is 19.1 Å². The van der Waals surface area contributed by atoms with Gasteiger partial charge in [0, 0.05) is 7.05 Å². The highest BCUT2D eigenvalue weighted by atomic mass is 16.3. The number of rotatable bonds is 5. The van der Waals surface area contributed by atoms with Crippen LogP contribution in [0.15, 0.2) is 57.9 Å². The third-order valence-electron chi connectivity index (χ3n) is 4.29. The average molecular weight is 368 g/mol. The molecule has 140 valence electrons. The number of amides is 2. The number of para-hydroxylation sites is 1. The molecule has 2 amide bonds. The number of anilines is 1. The molecule has 8 nitrogen and oxygen atoms in total. The van der Waals surface area contributed by atoms with Crippen molar-refractivity contribution < 1.29 is 14.0 Å². The van der Waals surface area contributed by atoms with Crippen LogP contribution < -0.4 is 16.2 Å². The van der Waals surface area contributed by atoms with Crippen LogP contribution >= 0.6 is 0 Å². The number of nitrogens with zero attached hydrogens (tertiary/aromatic N) is 2. The molecule has 2 aromatic heterocycles. The van der Waals surface area contributed by atoms with Crippen molar-refractivity contribution >= 4 is 17.5 Å². The number of furan rings is 1. The van der Waals surface area contributed by atoms with Crippen molar-refractivity contribution in [1.82, 2.24) is 14.7 Å². The SMILES string of the molecule is Cc1c(NC(=O)C(C)NC(=O)c2ccco2)c(=O)n(-c2ccccc2)n1C. The van der Waals surface area contributed by atoms with E-state index in [0.717, 1.165) is 0 Å². The quantitative estimate of drug-likeness (QED) is 0.718. The zero-order chi connectivity index (χ0) is 19.6. The van der Waals surface area contributed by atoms with Gasteiger partial charge >= 0.3 is 0 Å². The Balaban J connectivity index is 1.80. The van der Waals surface area contributed by atoms with Crippen LogP contribution in [0.4, 0.5) is 5.69 Å². The molecular formula is C19H20N4O4. The fourth-order valence-corrected chi connectivity index (χ4v) is 2.68. The number of carbonyl (C=O) groups excluding carboxylic acids is 2. The number of hydrogen-bond acceptors (Lipinski definition) is 4. The van der Waals surface area contributed by atoms with Crippen LogP contribution in [0.3, 0.4) is 0 Å². The molecule has 1 unspecified atom stereocenters. The van der Waals surface area contributed by atoms with Crippen LogP contribution in [0.5, 0.6) is 0 Å². The first-order valence-corrected chi connectivity index (χ1v) is 8.39. The van der Waals surface area contributed by atoms with E-state index in [-0.39, 0.29) is 17.0 Å². The van der Waals surface area contributed by atoms with E-state index in [9.17, 15) is 14.4 Å². The van der Waals surface area contributed by atoms with E-state index in [1.807, 2.05) is 18.2 Å². The molecule has 0 fully saturated rings. The molecule has 0 aliphatic rings. The number of carbonyl (C=O) groups is 2. The standard InChI is InChI=1S/C19H20N4O4/c1-12(20-18(25)15-10-7-11-27-15)17(24)21-16-13(2)22(3)23(19(16)26)14-8-5-4-6-9-14/h4-12H,1-3H3,(H,20,25)(H,21,24). The number of benzene rings is 1. The van der Waals surface area contributed by atoms with Gasteiger partial charge in [-0.15, -0.1) is 0 Å². The molecule has 2 N–H and O–H groups in total. The molecule has 0 saturated heterocycles. The summed E-state index contributed by atoms with van der Waals surface area (Å²) in [7, 11) is 1.74. The molecule has 0 aliphatic carbocycles. The van der Waals surface area contributed by atoms with Crippen molar-refractivity contribution in [2.24, 2.45) is 7.05 Å². The smallest absolute Gasteiger partial charge is 0.295 e. The van der Waals surface area contributed by atoms with Gasteiger partial charge < -0.3 is 15.1 Å². The molecule has 1 aromatic carbocycles. The predicted octanol–water partition coefficient (Wildman–Crippen LogP) is 1.83. The summed E-state index contributed by atoms with van der Waals surface area (Å²) in [6.45, 7) is 3.27. The molecule has 0 bridgehead atoms. The topological polar surface area (TPSA) is 98.3 Å². The van der Waals surface area contributed by atoms with Gasteiger partial charge in [-0.2, -0.15) is 0 Å². The first-order chi connectivity index (χ1) is 12.9. The normalized spacial score (nSPS) is 11.8. The Hall–Kier alpha value is -3.55. The Labute approximate surface area is 155 Å². The molecule has 2 heterocycles. The van der Waals surface area contributed by atoms with Crippen molar-refractivity contribution in [3.05, 3.63) is 70.5 Å². The van der Waals surface area contributed by atoms with Crippen LogP contribution in [-0.2, 0) is 11.8 Å². The van der Waals surface area contributed by atoms with E-state index in [1.54, 1.807) is 36.9 Å². The summed E-state index contributed by atoms with van der Waals surface area (Å²) in [5.74, 6) is -0.896. The lowest BCUT2D eigenvalue weighted by molar-refractivity contribution is -0.117. The summed E-state index contributed by atoms with van der Waals surface area (Å²) in [4.78, 5) is 37.3. The highest BCUT2D eigenvalue weighted by molar-refractivity contribution is 6.00. The van der Waals surface area contributed by atoms with Crippen LogP contribution in [0, 0.1) is 6.92 Å². The zero-order valence-electron chi connectivity index (χ0n) is 15.2. The molecule has 3 rings (SSSR count). The minimum Gasteiger partial charge on any atom is -0.459 e. The van der Waals surface area contributed by atoms with Crippen molar-refractivity contribution in [3.63, 3.8) is 0 Å². The molecule has 0 saturated carbocycles. The second kappa shape index (κ2) is 7.36. The van der Waals surface area contributed by atoms with Crippen molar-refractivity contribution in [2.75, 3.05) is 5.32 Å². The molecule has 27 heavy (non-hydrogen) atoms. The number of nitrogens with one attached hydrogen (secondary N) is 2. The summed E-state index contributed by atoms with van der Waals surface area (Å²) in [5, 5.41) is 5.16. The second-order valence-corrected chi connectivity index (χ2v) is 6.10. The van der Waals surface area contributed by atoms with Crippen molar-refractivity contribution in [2.45, 2.75) is 19.9 Å². The summed E-state index contributed by atoms with van der Waals surface area (Å²) in [5.41, 5.74) is 1.11. The van der Waals surface area contributed by atoms with Crippen molar-refractivity contribution in [1.29, 1.82) is 0 Å². The lowest BCUT2D eigenvalue weighted by Crippen LogP contribution is -2.42. The van der Waals surface area contributed by atoms with E-state index in [0.29, 0.717) is 11.4 Å². The first kappa shape index (κ1) is 18.2. The van der Waals surface area contributed by atoms with Crippen LogP contribution in [-0.4, -0.2) is 27.2 Å². The number of aromatic nitrogens is 2. The maximum Gasteiger partial charge on any atom is 0.295 e. The van der Waals surface area contributed by atoms with Gasteiger partial charge in [0.05, 0.1) is 17.6 Å². The van der Waals surface area contributed by atoms with Crippen LogP contribution in [0.2, 0.25) is 0 Å². The monoisotopic (exact) mass is 368 g/mol. The highest BCUT2D eigenvalue weighted by Crippen LogP contribution is 2.14. The summed E-state index contributed by atoms with van der Waals surface area (Å²) in [6, 6.07) is 11.3. The van der Waals surface area contributed by atoms with Gasteiger partial charge in [-0.1, -0.05) is 18.2 Å². The van der Waals surface area contributed by atoms with E-state index in [2.05, 4.69) is 10.6 Å². The first-order valence-electron chi connectivity index (χ1n) is 8.39. The fourth-order valence-electron chi connectivity index (χ4n) is 2.68. The van der Waals surface area contributed by atoms with Gasteiger partial charge in [0.2, 0.25) is 5.91 Å². The van der Waals surface area contributed by atoms with Crippen LogP contribution in [0.25, 0.3) is 5.69 Å². The summed E-state index contributed by atoms with van der Waals surface area (Å²) < 4.78 is 8.14. The van der Waals surface area contributed by atoms with E-state index in [1.165, 1.54) is 23.9 Å². The van der Waals surface area contributed by atoms with Crippen LogP contribution in [0.1, 0.15) is 23.2 Å². The van der Waals surface area contributed by atoms with Gasteiger partial charge in [0.1, 0.15) is 11.7 Å². The fraction of sp³-hybridized carbons (Fsp3) is 0.211. The van der Waals surface area contributed by atoms with E-state index >= 15 is 0 Å². The van der Waals surface area contributed by atoms with Gasteiger partial charge in [0.25, 0.3) is 11.5 Å². The van der Waals surface area contributed by atoms with E-state index < -0.39 is 17.9 Å². The maximum atomic E-state index is 12.8.